The zero-order chi connectivity index (χ0) is 17.3. The quantitative estimate of drug-likeness (QED) is 0.845. The van der Waals surface area contributed by atoms with Gasteiger partial charge >= 0.3 is 18.1 Å². The van der Waals surface area contributed by atoms with Crippen molar-refractivity contribution in [2.24, 2.45) is 0 Å². The van der Waals surface area contributed by atoms with E-state index in [1.165, 1.54) is 13.0 Å². The Hall–Kier alpha value is -2.05. The first-order chi connectivity index (χ1) is 9.81. The number of hydrogen-bond donors (Lipinski definition) is 1. The largest absolute Gasteiger partial charge is 0.471 e. The summed E-state index contributed by atoms with van der Waals surface area (Å²) in [6.45, 7) is 8.12. The molecule has 1 aromatic rings. The average Bonchev–Trinajstić information content (AvgIpc) is 2.28. The van der Waals surface area contributed by atoms with Crippen LogP contribution < -0.4 is 5.32 Å². The van der Waals surface area contributed by atoms with Crippen LogP contribution in [0.3, 0.4) is 0 Å². The Morgan fingerprint density at radius 3 is 2.09 bits per heavy atom. The Morgan fingerprint density at radius 2 is 1.64 bits per heavy atom. The molecule has 0 saturated heterocycles. The number of esters is 1. The molecule has 0 aliphatic rings. The van der Waals surface area contributed by atoms with Gasteiger partial charge in [-0.3, -0.25) is 4.79 Å². The highest BCUT2D eigenvalue weighted by molar-refractivity contribution is 6.04. The van der Waals surface area contributed by atoms with Crippen molar-refractivity contribution >= 4 is 17.6 Å². The Labute approximate surface area is 126 Å². The number of carbonyl (C=O) groups is 2. The van der Waals surface area contributed by atoms with Crippen molar-refractivity contribution in [2.45, 2.75) is 46.4 Å². The lowest BCUT2D eigenvalue weighted by Gasteiger charge is -2.22. The van der Waals surface area contributed by atoms with E-state index in [1.54, 1.807) is 39.1 Å². The molecule has 1 N–H and O–H groups in total. The van der Waals surface area contributed by atoms with Crippen molar-refractivity contribution in [3.63, 3.8) is 0 Å². The Bertz CT molecular complexity index is 601. The zero-order valence-electron chi connectivity index (χ0n) is 13.0. The predicted molar refractivity (Wildman–Crippen MR) is 75.8 cm³/mol. The minimum absolute atomic E-state index is 0.106. The molecule has 0 aliphatic carbocycles. The van der Waals surface area contributed by atoms with E-state index >= 15 is 0 Å². The summed E-state index contributed by atoms with van der Waals surface area (Å²) in [5.41, 5.74) is -0.0888. The molecule has 0 aliphatic heterocycles. The van der Waals surface area contributed by atoms with Crippen molar-refractivity contribution < 1.29 is 27.5 Å². The molecule has 0 bridgehead atoms. The van der Waals surface area contributed by atoms with Gasteiger partial charge < -0.3 is 10.1 Å². The van der Waals surface area contributed by atoms with Crippen LogP contribution in [0.25, 0.3) is 0 Å². The summed E-state index contributed by atoms with van der Waals surface area (Å²) in [7, 11) is 0. The Kier molecular flexibility index (Phi) is 4.89. The monoisotopic (exact) mass is 317 g/mol. The molecule has 0 unspecified atom stereocenters. The highest BCUT2D eigenvalue weighted by Gasteiger charge is 2.39. The number of carbonyl (C=O) groups excluding carboxylic acids is 2. The van der Waals surface area contributed by atoms with Crippen molar-refractivity contribution in [2.75, 3.05) is 5.32 Å². The summed E-state index contributed by atoms with van der Waals surface area (Å²) in [4.78, 5) is 23.3. The molecule has 0 saturated carbocycles. The fraction of sp³-hybridized carbons (Fsp3) is 0.467. The van der Waals surface area contributed by atoms with Crippen molar-refractivity contribution in [3.05, 3.63) is 28.8 Å². The number of rotatable bonds is 2. The van der Waals surface area contributed by atoms with Crippen LogP contribution in [0, 0.1) is 13.8 Å². The van der Waals surface area contributed by atoms with Gasteiger partial charge in [-0.25, -0.2) is 4.79 Å². The van der Waals surface area contributed by atoms with Gasteiger partial charge in [0.05, 0.1) is 11.3 Å². The Balaban J connectivity index is 3.27. The minimum Gasteiger partial charge on any atom is -0.456 e. The second kappa shape index (κ2) is 5.98. The zero-order valence-corrected chi connectivity index (χ0v) is 13.0. The van der Waals surface area contributed by atoms with Crippen molar-refractivity contribution in [3.8, 4) is 0 Å². The number of alkyl halides is 3. The van der Waals surface area contributed by atoms with Crippen molar-refractivity contribution in [1.29, 1.82) is 0 Å². The highest BCUT2D eigenvalue weighted by atomic mass is 19.4. The van der Waals surface area contributed by atoms with E-state index in [0.717, 1.165) is 0 Å². The lowest BCUT2D eigenvalue weighted by atomic mass is 10.0. The van der Waals surface area contributed by atoms with Gasteiger partial charge in [0.2, 0.25) is 0 Å². The molecule has 1 amide bonds. The average molecular weight is 317 g/mol. The molecule has 0 fully saturated rings. The molecule has 0 heterocycles. The van der Waals surface area contributed by atoms with Crippen LogP contribution in [0.4, 0.5) is 18.9 Å². The lowest BCUT2D eigenvalue weighted by Crippen LogP contribution is -2.31. The van der Waals surface area contributed by atoms with E-state index in [-0.39, 0.29) is 11.3 Å². The summed E-state index contributed by atoms with van der Waals surface area (Å²) in [6.07, 6.45) is -5.04. The standard InChI is InChI=1S/C15H18F3NO3/c1-8-6-9(2)11(19-13(21)15(16,17)18)10(7-8)12(20)22-14(3,4)5/h6-7H,1-5H3,(H,19,21). The van der Waals surface area contributed by atoms with E-state index in [2.05, 4.69) is 0 Å². The van der Waals surface area contributed by atoms with Crippen molar-refractivity contribution in [1.82, 2.24) is 0 Å². The summed E-state index contributed by atoms with van der Waals surface area (Å²) in [6, 6.07) is 2.95. The first kappa shape index (κ1) is 18.0. The molecule has 0 radical (unpaired) electrons. The molecule has 1 rings (SSSR count). The maximum Gasteiger partial charge on any atom is 0.471 e. The van der Waals surface area contributed by atoms with Crippen LogP contribution in [-0.2, 0) is 9.53 Å². The molecular formula is C15H18F3NO3. The smallest absolute Gasteiger partial charge is 0.456 e. The van der Waals surface area contributed by atoms with Crippen LogP contribution >= 0.6 is 0 Å². The van der Waals surface area contributed by atoms with Gasteiger partial charge in [-0.1, -0.05) is 6.07 Å². The third-order valence-corrected chi connectivity index (χ3v) is 2.59. The van der Waals surface area contributed by atoms with Crippen LogP contribution in [0.1, 0.15) is 42.3 Å². The van der Waals surface area contributed by atoms with Gasteiger partial charge in [0.15, 0.2) is 0 Å². The molecular weight excluding hydrogens is 299 g/mol. The number of ether oxygens (including phenoxy) is 1. The van der Waals surface area contributed by atoms with E-state index in [9.17, 15) is 22.8 Å². The predicted octanol–water partition coefficient (Wildman–Crippen LogP) is 3.76. The topological polar surface area (TPSA) is 55.4 Å². The molecule has 7 heteroatoms. The fourth-order valence-electron chi connectivity index (χ4n) is 1.81. The van der Waals surface area contributed by atoms with Crippen LogP contribution in [-0.4, -0.2) is 23.7 Å². The van der Waals surface area contributed by atoms with Gasteiger partial charge in [-0.15, -0.1) is 0 Å². The number of aryl methyl sites for hydroxylation is 2. The number of hydrogen-bond acceptors (Lipinski definition) is 3. The second-order valence-electron chi connectivity index (χ2n) is 5.96. The number of anilines is 1. The minimum atomic E-state index is -5.04. The number of amides is 1. The molecule has 4 nitrogen and oxygen atoms in total. The Morgan fingerprint density at radius 1 is 1.09 bits per heavy atom. The van der Waals surface area contributed by atoms with Gasteiger partial charge in [-0.2, -0.15) is 13.2 Å². The molecule has 0 atom stereocenters. The highest BCUT2D eigenvalue weighted by Crippen LogP contribution is 2.27. The summed E-state index contributed by atoms with van der Waals surface area (Å²) in [5.74, 6) is -2.93. The molecule has 122 valence electrons. The maximum absolute atomic E-state index is 12.4. The number of nitrogens with one attached hydrogen (secondary N) is 1. The van der Waals surface area contributed by atoms with Gasteiger partial charge in [0.25, 0.3) is 0 Å². The maximum atomic E-state index is 12.4. The molecule has 0 spiro atoms. The van der Waals surface area contributed by atoms with Crippen LogP contribution in [0.2, 0.25) is 0 Å². The third kappa shape index (κ3) is 4.75. The molecule has 22 heavy (non-hydrogen) atoms. The fourth-order valence-corrected chi connectivity index (χ4v) is 1.81. The second-order valence-corrected chi connectivity index (χ2v) is 5.96. The molecule has 0 aromatic heterocycles. The lowest BCUT2D eigenvalue weighted by molar-refractivity contribution is -0.167. The summed E-state index contributed by atoms with van der Waals surface area (Å²) in [5, 5.41) is 1.75. The SMILES string of the molecule is Cc1cc(C)c(NC(=O)C(F)(F)F)c(C(=O)OC(C)(C)C)c1. The first-order valence-electron chi connectivity index (χ1n) is 6.54. The summed E-state index contributed by atoms with van der Waals surface area (Å²) < 4.78 is 42.4. The van der Waals surface area contributed by atoms with E-state index in [4.69, 9.17) is 4.74 Å². The van der Waals surface area contributed by atoms with Gasteiger partial charge in [-0.05, 0) is 51.8 Å². The first-order valence-corrected chi connectivity index (χ1v) is 6.54. The van der Waals surface area contributed by atoms with Gasteiger partial charge in [0, 0.05) is 0 Å². The van der Waals surface area contributed by atoms with E-state index in [0.29, 0.717) is 11.1 Å². The molecule has 1 aromatic carbocycles. The third-order valence-electron chi connectivity index (χ3n) is 2.59. The normalized spacial score (nSPS) is 12.0. The van der Waals surface area contributed by atoms with E-state index < -0.39 is 23.7 Å². The van der Waals surface area contributed by atoms with Crippen LogP contribution in [0.15, 0.2) is 12.1 Å². The van der Waals surface area contributed by atoms with Crippen LogP contribution in [0.5, 0.6) is 0 Å². The number of halogens is 3. The van der Waals surface area contributed by atoms with Gasteiger partial charge in [0.1, 0.15) is 5.60 Å². The number of benzene rings is 1. The summed E-state index contributed by atoms with van der Waals surface area (Å²) >= 11 is 0. The van der Waals surface area contributed by atoms with E-state index in [1.807, 2.05) is 0 Å².